The van der Waals surface area contributed by atoms with Gasteiger partial charge in [-0.1, -0.05) is 25.5 Å². The zero-order chi connectivity index (χ0) is 10.3. The van der Waals surface area contributed by atoms with Gasteiger partial charge in [-0.25, -0.2) is 0 Å². The first kappa shape index (κ1) is 8.84. The molecule has 0 radical (unpaired) electrons. The summed E-state index contributed by atoms with van der Waals surface area (Å²) in [7, 11) is 0. The van der Waals surface area contributed by atoms with E-state index in [0.717, 1.165) is 17.8 Å². The van der Waals surface area contributed by atoms with Crippen molar-refractivity contribution in [2.45, 2.75) is 52.4 Å². The van der Waals surface area contributed by atoms with Gasteiger partial charge in [-0.05, 0) is 61.7 Å². The summed E-state index contributed by atoms with van der Waals surface area (Å²) in [5.74, 6) is 3.32. The predicted molar refractivity (Wildman–Crippen MR) is 62.5 cm³/mol. The maximum atomic E-state index is 2.57. The second kappa shape index (κ2) is 2.36. The largest absolute Gasteiger partial charge is 0.0742 e. The first-order valence-corrected chi connectivity index (χ1v) is 6.81. The minimum absolute atomic E-state index is 0.506. The van der Waals surface area contributed by atoms with Gasteiger partial charge < -0.3 is 0 Å². The van der Waals surface area contributed by atoms with Gasteiger partial charge >= 0.3 is 0 Å². The second-order valence-corrected chi connectivity index (χ2v) is 7.48. The Kier molecular flexibility index (Phi) is 1.39. The van der Waals surface area contributed by atoms with Crippen molar-refractivity contribution >= 4 is 0 Å². The molecule has 5 aliphatic rings. The van der Waals surface area contributed by atoms with Crippen LogP contribution in [0.4, 0.5) is 0 Å². The Balaban J connectivity index is 1.70. The van der Waals surface area contributed by atoms with E-state index >= 15 is 0 Å². The fourth-order valence-electron chi connectivity index (χ4n) is 5.60. The van der Waals surface area contributed by atoms with Crippen LogP contribution in [-0.4, -0.2) is 0 Å². The molecule has 82 valence electrons. The molecule has 4 fully saturated rings. The molecule has 5 aliphatic carbocycles. The highest BCUT2D eigenvalue weighted by Crippen LogP contribution is 2.68. The highest BCUT2D eigenvalue weighted by Gasteiger charge is 2.57. The van der Waals surface area contributed by atoms with Gasteiger partial charge in [-0.3, -0.25) is 0 Å². The highest BCUT2D eigenvalue weighted by atomic mass is 14.6. The molecule has 0 nitrogen and oxygen atoms in total. The molecule has 0 unspecified atom stereocenters. The minimum Gasteiger partial charge on any atom is -0.0742 e. The third kappa shape index (κ3) is 1.09. The van der Waals surface area contributed by atoms with Crippen LogP contribution in [0, 0.1) is 28.6 Å². The molecule has 0 amide bonds. The molecule has 0 saturated heterocycles. The number of allylic oxidation sites excluding steroid dienone is 2. The van der Waals surface area contributed by atoms with Crippen LogP contribution in [0.15, 0.2) is 11.6 Å². The van der Waals surface area contributed by atoms with E-state index in [2.05, 4.69) is 19.9 Å². The normalized spacial score (nSPS) is 54.3. The third-order valence-electron chi connectivity index (χ3n) is 5.73. The Morgan fingerprint density at radius 2 is 1.33 bits per heavy atom. The topological polar surface area (TPSA) is 0 Å². The Hall–Kier alpha value is -0.260. The van der Waals surface area contributed by atoms with E-state index in [0.29, 0.717) is 10.8 Å². The summed E-state index contributed by atoms with van der Waals surface area (Å²) in [5.41, 5.74) is 3.07. The summed E-state index contributed by atoms with van der Waals surface area (Å²) in [5, 5.41) is 0. The first-order chi connectivity index (χ1) is 7.07. The van der Waals surface area contributed by atoms with E-state index in [1.165, 1.54) is 0 Å². The minimum atomic E-state index is 0.506. The lowest BCUT2D eigenvalue weighted by atomic mass is 9.48. The van der Waals surface area contributed by atoms with Crippen LogP contribution in [0.1, 0.15) is 52.4 Å². The van der Waals surface area contributed by atoms with Crippen LogP contribution in [0.5, 0.6) is 0 Å². The van der Waals surface area contributed by atoms with E-state index in [9.17, 15) is 0 Å². The molecule has 0 heterocycles. The van der Waals surface area contributed by atoms with Crippen LogP contribution in [0.25, 0.3) is 0 Å². The van der Waals surface area contributed by atoms with Crippen molar-refractivity contribution in [2.24, 2.45) is 28.6 Å². The van der Waals surface area contributed by atoms with E-state index in [1.807, 2.05) is 5.57 Å². The summed E-state index contributed by atoms with van der Waals surface area (Å²) in [6.45, 7) is 4.84. The molecule has 0 N–H and O–H groups in total. The molecule has 0 spiro atoms. The fraction of sp³-hybridized carbons (Fsp3) is 0.867. The monoisotopic (exact) mass is 202 g/mol. The van der Waals surface area contributed by atoms with Crippen LogP contribution >= 0.6 is 0 Å². The Labute approximate surface area is 93.1 Å². The zero-order valence-electron chi connectivity index (χ0n) is 10.1. The highest BCUT2D eigenvalue weighted by molar-refractivity contribution is 5.43. The number of rotatable bonds is 1. The third-order valence-corrected chi connectivity index (χ3v) is 5.73. The molecular formula is C15H22. The van der Waals surface area contributed by atoms with Crippen LogP contribution in [0.2, 0.25) is 0 Å². The molecule has 0 atom stereocenters. The molecule has 0 heteroatoms. The van der Waals surface area contributed by atoms with Crippen molar-refractivity contribution < 1.29 is 0 Å². The maximum absolute atomic E-state index is 2.57. The van der Waals surface area contributed by atoms with Gasteiger partial charge in [-0.15, -0.1) is 0 Å². The van der Waals surface area contributed by atoms with Gasteiger partial charge in [0.05, 0.1) is 0 Å². The lowest BCUT2D eigenvalue weighted by Crippen LogP contribution is -2.46. The molecule has 0 aromatic carbocycles. The van der Waals surface area contributed by atoms with Crippen molar-refractivity contribution in [3.05, 3.63) is 11.6 Å². The lowest BCUT2D eigenvalue weighted by molar-refractivity contribution is -0.0313. The Morgan fingerprint density at radius 3 is 1.67 bits per heavy atom. The standard InChI is InChI=1S/C15H22/c1-14(2)9-13(14)15-6-10-3-11(7-15)5-12(4-10)8-15/h9-12H,3-8H2,1-2H3. The van der Waals surface area contributed by atoms with Gasteiger partial charge in [0.1, 0.15) is 0 Å². The van der Waals surface area contributed by atoms with E-state index in [-0.39, 0.29) is 0 Å². The summed E-state index contributed by atoms with van der Waals surface area (Å²) < 4.78 is 0. The van der Waals surface area contributed by atoms with Crippen LogP contribution in [-0.2, 0) is 0 Å². The van der Waals surface area contributed by atoms with Crippen molar-refractivity contribution in [3.8, 4) is 0 Å². The summed E-state index contributed by atoms with van der Waals surface area (Å²) in [6, 6.07) is 0. The van der Waals surface area contributed by atoms with E-state index < -0.39 is 0 Å². The molecule has 0 aromatic heterocycles. The van der Waals surface area contributed by atoms with Crippen LogP contribution in [0.3, 0.4) is 0 Å². The molecule has 4 saturated carbocycles. The number of hydrogen-bond donors (Lipinski definition) is 0. The average molecular weight is 202 g/mol. The average Bonchev–Trinajstić information content (AvgIpc) is 2.73. The summed E-state index contributed by atoms with van der Waals surface area (Å²) in [6.07, 6.45) is 11.9. The number of hydrogen-bond acceptors (Lipinski definition) is 0. The van der Waals surface area contributed by atoms with E-state index in [4.69, 9.17) is 0 Å². The second-order valence-electron chi connectivity index (χ2n) is 7.48. The summed E-state index contributed by atoms with van der Waals surface area (Å²) in [4.78, 5) is 0. The van der Waals surface area contributed by atoms with Crippen molar-refractivity contribution in [3.63, 3.8) is 0 Å². The molecule has 4 bridgehead atoms. The first-order valence-electron chi connectivity index (χ1n) is 6.81. The molecule has 0 aliphatic heterocycles. The van der Waals surface area contributed by atoms with Gasteiger partial charge in [0.2, 0.25) is 0 Å². The zero-order valence-corrected chi connectivity index (χ0v) is 10.1. The quantitative estimate of drug-likeness (QED) is 0.560. The fourth-order valence-corrected chi connectivity index (χ4v) is 5.60. The smallest absolute Gasteiger partial charge is 0.00433 e. The predicted octanol–water partition coefficient (Wildman–Crippen LogP) is 4.17. The van der Waals surface area contributed by atoms with Gasteiger partial charge in [0.15, 0.2) is 0 Å². The maximum Gasteiger partial charge on any atom is 0.00433 e. The molecule has 0 aromatic rings. The van der Waals surface area contributed by atoms with Crippen molar-refractivity contribution in [1.82, 2.24) is 0 Å². The SMILES string of the molecule is CC1(C)C=C1C12CC3CC(CC(C3)C1)C2. The van der Waals surface area contributed by atoms with Gasteiger partial charge in [0, 0.05) is 5.41 Å². The molecule has 15 heavy (non-hydrogen) atoms. The van der Waals surface area contributed by atoms with Gasteiger partial charge in [0.25, 0.3) is 0 Å². The van der Waals surface area contributed by atoms with E-state index in [1.54, 1.807) is 38.5 Å². The molecular weight excluding hydrogens is 180 g/mol. The Morgan fingerprint density at radius 1 is 0.933 bits per heavy atom. The van der Waals surface area contributed by atoms with Crippen molar-refractivity contribution in [2.75, 3.05) is 0 Å². The summed E-state index contributed by atoms with van der Waals surface area (Å²) >= 11 is 0. The van der Waals surface area contributed by atoms with Crippen molar-refractivity contribution in [1.29, 1.82) is 0 Å². The van der Waals surface area contributed by atoms with Gasteiger partial charge in [-0.2, -0.15) is 0 Å². The van der Waals surface area contributed by atoms with Crippen LogP contribution < -0.4 is 0 Å². The lowest BCUT2D eigenvalue weighted by Gasteiger charge is -2.57. The molecule has 5 rings (SSSR count). The Bertz CT molecular complexity index is 310.